The average Bonchev–Trinajstić information content (AvgIpc) is 2.53. The number of hydrogen-bond donors (Lipinski definition) is 3. The Bertz CT molecular complexity index is 754. The molecule has 142 valence electrons. The minimum Gasteiger partial charge on any atom is -0.503 e. The Kier molecular flexibility index (Phi) is 5.55. The molecule has 2 amide bonds. The molecule has 3 N–H and O–H groups in total. The Morgan fingerprint density at radius 1 is 1.42 bits per heavy atom. The van der Waals surface area contributed by atoms with E-state index in [0.29, 0.717) is 0 Å². The number of benzene rings is 1. The fraction of sp³-hybridized carbons (Fsp3) is 0.333. The highest BCUT2D eigenvalue weighted by Crippen LogP contribution is 2.40. The van der Waals surface area contributed by atoms with Gasteiger partial charge in [0.05, 0.1) is 18.2 Å². The highest BCUT2D eigenvalue weighted by Gasteiger charge is 2.41. The number of phenols is 1. The maximum atomic E-state index is 12.3. The lowest BCUT2D eigenvalue weighted by atomic mass is 9.89. The van der Waals surface area contributed by atoms with Crippen LogP contribution >= 0.6 is 11.6 Å². The Morgan fingerprint density at radius 2 is 2.08 bits per heavy atom. The van der Waals surface area contributed by atoms with Crippen LogP contribution in [0.2, 0.25) is 5.02 Å². The van der Waals surface area contributed by atoms with E-state index in [1.165, 1.54) is 19.2 Å². The SMILES string of the molecule is C=C1NC(=O)NC(c2cc(Cl)c(O)c(OC)c2)C1C(=O)OCC(F)(F)F. The molecule has 2 unspecified atom stereocenters. The number of halogens is 4. The van der Waals surface area contributed by atoms with Gasteiger partial charge in [-0.1, -0.05) is 18.2 Å². The maximum Gasteiger partial charge on any atom is 0.422 e. The number of amides is 2. The van der Waals surface area contributed by atoms with Gasteiger partial charge in [-0.15, -0.1) is 0 Å². The average molecular weight is 395 g/mol. The number of methoxy groups -OCH3 is 1. The Morgan fingerprint density at radius 3 is 2.65 bits per heavy atom. The summed E-state index contributed by atoms with van der Waals surface area (Å²) in [7, 11) is 1.25. The predicted molar refractivity (Wildman–Crippen MR) is 83.7 cm³/mol. The maximum absolute atomic E-state index is 12.3. The van der Waals surface area contributed by atoms with Crippen molar-refractivity contribution in [2.75, 3.05) is 13.7 Å². The van der Waals surface area contributed by atoms with Gasteiger partial charge in [0.2, 0.25) is 0 Å². The standard InChI is InChI=1S/C15H14ClF3N2O5/c1-6-10(13(23)26-5-15(17,18)19)11(21-14(24)20-6)7-3-8(16)12(22)9(4-7)25-2/h3-4,10-11,22H,1,5H2,2H3,(H2,20,21,24). The van der Waals surface area contributed by atoms with Crippen LogP contribution in [0.4, 0.5) is 18.0 Å². The second-order valence-corrected chi connectivity index (χ2v) is 5.76. The van der Waals surface area contributed by atoms with Crippen molar-refractivity contribution in [2.24, 2.45) is 5.92 Å². The van der Waals surface area contributed by atoms with E-state index in [9.17, 15) is 27.9 Å². The molecule has 0 radical (unpaired) electrons. The van der Waals surface area contributed by atoms with Crippen LogP contribution in [-0.4, -0.2) is 37.0 Å². The second kappa shape index (κ2) is 7.32. The van der Waals surface area contributed by atoms with E-state index in [2.05, 4.69) is 21.9 Å². The Hall–Kier alpha value is -2.62. The number of carbonyl (C=O) groups excluding carboxylic acids is 2. The van der Waals surface area contributed by atoms with Gasteiger partial charge in [-0.2, -0.15) is 13.2 Å². The molecule has 0 aliphatic carbocycles. The number of urea groups is 1. The molecular formula is C15H14ClF3N2O5. The summed E-state index contributed by atoms with van der Waals surface area (Å²) in [6.07, 6.45) is -4.71. The number of alkyl halides is 3. The van der Waals surface area contributed by atoms with Gasteiger partial charge in [0, 0.05) is 5.70 Å². The fourth-order valence-corrected chi connectivity index (χ4v) is 2.63. The summed E-state index contributed by atoms with van der Waals surface area (Å²) in [6, 6.07) is 0.675. The van der Waals surface area contributed by atoms with E-state index < -0.39 is 36.7 Å². The van der Waals surface area contributed by atoms with Gasteiger partial charge in [-0.05, 0) is 17.7 Å². The van der Waals surface area contributed by atoms with E-state index in [-0.39, 0.29) is 27.8 Å². The van der Waals surface area contributed by atoms with E-state index >= 15 is 0 Å². The lowest BCUT2D eigenvalue weighted by Crippen LogP contribution is -2.51. The fourth-order valence-electron chi connectivity index (χ4n) is 2.41. The molecule has 0 spiro atoms. The first-order chi connectivity index (χ1) is 12.0. The van der Waals surface area contributed by atoms with Crippen molar-refractivity contribution in [1.82, 2.24) is 10.6 Å². The largest absolute Gasteiger partial charge is 0.503 e. The molecule has 1 aliphatic heterocycles. The number of carbonyl (C=O) groups is 2. The highest BCUT2D eigenvalue weighted by atomic mass is 35.5. The molecule has 26 heavy (non-hydrogen) atoms. The minimum atomic E-state index is -4.71. The number of aromatic hydroxyl groups is 1. The molecule has 0 aromatic heterocycles. The number of ether oxygens (including phenoxy) is 2. The molecule has 1 aliphatic rings. The second-order valence-electron chi connectivity index (χ2n) is 5.36. The first kappa shape index (κ1) is 19.7. The van der Waals surface area contributed by atoms with Crippen LogP contribution in [0.5, 0.6) is 11.5 Å². The molecular weight excluding hydrogens is 381 g/mol. The lowest BCUT2D eigenvalue weighted by molar-refractivity contribution is -0.189. The molecule has 0 saturated carbocycles. The van der Waals surface area contributed by atoms with E-state index in [0.717, 1.165) is 0 Å². The summed E-state index contributed by atoms with van der Waals surface area (Å²) in [5, 5.41) is 14.3. The first-order valence-corrected chi connectivity index (χ1v) is 7.47. The van der Waals surface area contributed by atoms with E-state index in [4.69, 9.17) is 16.3 Å². The van der Waals surface area contributed by atoms with Gasteiger partial charge in [0.15, 0.2) is 18.1 Å². The van der Waals surface area contributed by atoms with Crippen LogP contribution in [0.25, 0.3) is 0 Å². The third kappa shape index (κ3) is 4.31. The van der Waals surface area contributed by atoms with Crippen molar-refractivity contribution >= 4 is 23.6 Å². The molecule has 11 heteroatoms. The summed E-state index contributed by atoms with van der Waals surface area (Å²) in [4.78, 5) is 23.9. The number of phenolic OH excluding ortho intramolecular Hbond substituents is 1. The summed E-state index contributed by atoms with van der Waals surface area (Å²) in [5.41, 5.74) is 0.0590. The zero-order valence-corrected chi connectivity index (χ0v) is 14.1. The van der Waals surface area contributed by atoms with Crippen LogP contribution < -0.4 is 15.4 Å². The Balaban J connectivity index is 2.39. The van der Waals surface area contributed by atoms with Gasteiger partial charge in [0.25, 0.3) is 0 Å². The van der Waals surface area contributed by atoms with Crippen molar-refractivity contribution in [2.45, 2.75) is 12.2 Å². The number of rotatable bonds is 4. The van der Waals surface area contributed by atoms with E-state index in [1.54, 1.807) is 0 Å². The lowest BCUT2D eigenvalue weighted by Gasteiger charge is -2.33. The smallest absolute Gasteiger partial charge is 0.422 e. The molecule has 1 heterocycles. The summed E-state index contributed by atoms with van der Waals surface area (Å²) in [5.74, 6) is -3.02. The van der Waals surface area contributed by atoms with E-state index in [1.807, 2.05) is 0 Å². The molecule has 1 fully saturated rings. The third-order valence-electron chi connectivity index (χ3n) is 3.53. The number of nitrogens with one attached hydrogen (secondary N) is 2. The molecule has 7 nitrogen and oxygen atoms in total. The normalized spacial score (nSPS) is 20.2. The van der Waals surface area contributed by atoms with Crippen molar-refractivity contribution in [3.8, 4) is 11.5 Å². The van der Waals surface area contributed by atoms with Gasteiger partial charge < -0.3 is 25.2 Å². The highest BCUT2D eigenvalue weighted by molar-refractivity contribution is 6.32. The van der Waals surface area contributed by atoms with Crippen LogP contribution in [0, 0.1) is 5.92 Å². The van der Waals surface area contributed by atoms with Crippen molar-refractivity contribution in [3.63, 3.8) is 0 Å². The Labute approximate surface area is 150 Å². The van der Waals surface area contributed by atoms with Gasteiger partial charge in [0.1, 0.15) is 5.92 Å². The summed E-state index contributed by atoms with van der Waals surface area (Å²) < 4.78 is 46.2. The molecule has 1 saturated heterocycles. The topological polar surface area (TPSA) is 96.9 Å². The molecule has 2 atom stereocenters. The molecule has 2 rings (SSSR count). The summed E-state index contributed by atoms with van der Waals surface area (Å²) in [6.45, 7) is 1.72. The van der Waals surface area contributed by atoms with Crippen LogP contribution in [0.15, 0.2) is 24.4 Å². The number of hydrogen-bond acceptors (Lipinski definition) is 5. The van der Waals surface area contributed by atoms with Gasteiger partial charge in [-0.3, -0.25) is 4.79 Å². The van der Waals surface area contributed by atoms with Crippen molar-refractivity contribution in [1.29, 1.82) is 0 Å². The first-order valence-electron chi connectivity index (χ1n) is 7.09. The predicted octanol–water partition coefficient (Wildman–Crippen LogP) is 2.64. The quantitative estimate of drug-likeness (QED) is 0.682. The third-order valence-corrected chi connectivity index (χ3v) is 3.82. The van der Waals surface area contributed by atoms with Crippen LogP contribution in [0.3, 0.4) is 0 Å². The minimum absolute atomic E-state index is 0.0479. The number of esters is 1. The van der Waals surface area contributed by atoms with Crippen LogP contribution in [0.1, 0.15) is 11.6 Å². The monoisotopic (exact) mass is 394 g/mol. The van der Waals surface area contributed by atoms with Gasteiger partial charge >= 0.3 is 18.2 Å². The molecule has 1 aromatic rings. The summed E-state index contributed by atoms with van der Waals surface area (Å²) >= 11 is 5.89. The molecule has 0 bridgehead atoms. The van der Waals surface area contributed by atoms with Crippen molar-refractivity contribution < 1.29 is 37.3 Å². The van der Waals surface area contributed by atoms with Crippen molar-refractivity contribution in [3.05, 3.63) is 35.0 Å². The van der Waals surface area contributed by atoms with Crippen LogP contribution in [-0.2, 0) is 9.53 Å². The molecule has 1 aromatic carbocycles. The van der Waals surface area contributed by atoms with Gasteiger partial charge in [-0.25, -0.2) is 4.79 Å². The zero-order valence-electron chi connectivity index (χ0n) is 13.3. The zero-order chi connectivity index (χ0) is 19.6.